The number of benzene rings is 1. The summed E-state index contributed by atoms with van der Waals surface area (Å²) in [6.07, 6.45) is 0. The lowest BCUT2D eigenvalue weighted by Crippen LogP contribution is -2.09. The zero-order valence-electron chi connectivity index (χ0n) is 12.4. The van der Waals surface area contributed by atoms with Gasteiger partial charge in [-0.05, 0) is 41.6 Å². The van der Waals surface area contributed by atoms with E-state index in [0.29, 0.717) is 25.7 Å². The lowest BCUT2D eigenvalue weighted by atomic mass is 10.2. The van der Waals surface area contributed by atoms with Crippen molar-refractivity contribution in [3.63, 3.8) is 0 Å². The number of anilines is 1. The first-order valence-electron chi connectivity index (χ1n) is 6.77. The van der Waals surface area contributed by atoms with E-state index in [1.54, 1.807) is 6.07 Å². The van der Waals surface area contributed by atoms with E-state index in [-0.39, 0.29) is 5.91 Å². The van der Waals surface area contributed by atoms with Crippen molar-refractivity contribution in [2.24, 2.45) is 0 Å². The van der Waals surface area contributed by atoms with Crippen molar-refractivity contribution in [2.75, 3.05) is 5.32 Å². The number of aryl methyl sites for hydroxylation is 1. The summed E-state index contributed by atoms with van der Waals surface area (Å²) >= 11 is 3.88. The van der Waals surface area contributed by atoms with E-state index in [1.165, 1.54) is 46.6 Å². The Balaban J connectivity index is 1.60. The van der Waals surface area contributed by atoms with Gasteiger partial charge in [0.15, 0.2) is 4.34 Å². The summed E-state index contributed by atoms with van der Waals surface area (Å²) in [6.45, 7) is 1.92. The van der Waals surface area contributed by atoms with Gasteiger partial charge in [0.2, 0.25) is 5.13 Å². The van der Waals surface area contributed by atoms with Crippen LogP contribution < -0.4 is 5.32 Å². The molecule has 2 heterocycles. The van der Waals surface area contributed by atoms with E-state index < -0.39 is 11.6 Å². The molecular formula is C15H11F2N3OS3. The fourth-order valence-electron chi connectivity index (χ4n) is 1.87. The minimum atomic E-state index is -0.609. The highest BCUT2D eigenvalue weighted by atomic mass is 32.2. The van der Waals surface area contributed by atoms with E-state index in [4.69, 9.17) is 0 Å². The molecule has 0 saturated carbocycles. The van der Waals surface area contributed by atoms with Crippen LogP contribution in [0, 0.1) is 18.6 Å². The number of thioether (sulfide) groups is 1. The van der Waals surface area contributed by atoms with Gasteiger partial charge in [0.05, 0.1) is 4.88 Å². The maximum absolute atomic E-state index is 13.1. The van der Waals surface area contributed by atoms with Gasteiger partial charge in [0, 0.05) is 11.8 Å². The van der Waals surface area contributed by atoms with Gasteiger partial charge < -0.3 is 0 Å². The molecule has 0 unspecified atom stereocenters. The Hall–Kier alpha value is -1.84. The molecule has 4 nitrogen and oxygen atoms in total. The maximum Gasteiger partial charge on any atom is 0.267 e. The van der Waals surface area contributed by atoms with Crippen molar-refractivity contribution in [1.82, 2.24) is 10.2 Å². The average Bonchev–Trinajstić information content (AvgIpc) is 3.13. The molecule has 2 aromatic heterocycles. The highest BCUT2D eigenvalue weighted by Gasteiger charge is 2.12. The monoisotopic (exact) mass is 383 g/mol. The molecule has 0 saturated heterocycles. The summed E-state index contributed by atoms with van der Waals surface area (Å²) in [5, 5.41) is 12.8. The third-order valence-corrected chi connectivity index (χ3v) is 5.96. The number of halogens is 2. The van der Waals surface area contributed by atoms with Crippen molar-refractivity contribution in [3.8, 4) is 0 Å². The number of hydrogen-bond acceptors (Lipinski definition) is 6. The van der Waals surface area contributed by atoms with Crippen molar-refractivity contribution in [3.05, 3.63) is 57.3 Å². The van der Waals surface area contributed by atoms with Crippen LogP contribution in [0.3, 0.4) is 0 Å². The Morgan fingerprint density at radius 3 is 2.62 bits per heavy atom. The topological polar surface area (TPSA) is 54.9 Å². The minimum absolute atomic E-state index is 0.229. The van der Waals surface area contributed by atoms with Gasteiger partial charge in [-0.3, -0.25) is 10.1 Å². The quantitative estimate of drug-likeness (QED) is 0.511. The van der Waals surface area contributed by atoms with Gasteiger partial charge in [-0.2, -0.15) is 0 Å². The molecule has 3 aromatic rings. The molecule has 1 N–H and O–H groups in total. The Labute approximate surface area is 148 Å². The predicted octanol–water partition coefficient (Wildman–Crippen LogP) is 4.73. The molecule has 3 rings (SSSR count). The number of rotatable bonds is 5. The number of aromatic nitrogens is 2. The van der Waals surface area contributed by atoms with Crippen molar-refractivity contribution < 1.29 is 13.6 Å². The van der Waals surface area contributed by atoms with E-state index in [1.807, 2.05) is 12.3 Å². The normalized spacial score (nSPS) is 10.8. The molecule has 0 aliphatic carbocycles. The maximum atomic E-state index is 13.1. The molecule has 0 radical (unpaired) electrons. The second-order valence-electron chi connectivity index (χ2n) is 4.88. The van der Waals surface area contributed by atoms with E-state index >= 15 is 0 Å². The van der Waals surface area contributed by atoms with Crippen LogP contribution >= 0.6 is 34.4 Å². The number of thiophene rings is 1. The SMILES string of the molecule is Cc1csc(C(=O)Nc2nnc(SCc3cc(F)cc(F)c3)s2)c1. The molecule has 9 heteroatoms. The first kappa shape index (κ1) is 17.0. The zero-order valence-corrected chi connectivity index (χ0v) is 14.8. The van der Waals surface area contributed by atoms with E-state index in [9.17, 15) is 13.6 Å². The smallest absolute Gasteiger partial charge is 0.267 e. The largest absolute Gasteiger partial charge is 0.296 e. The van der Waals surface area contributed by atoms with Crippen LogP contribution in [0.2, 0.25) is 0 Å². The van der Waals surface area contributed by atoms with Crippen LogP contribution in [0.5, 0.6) is 0 Å². The standard InChI is InChI=1S/C15H11F2N3OS3/c1-8-2-12(22-6-8)13(21)18-14-19-20-15(24-14)23-7-9-3-10(16)5-11(17)4-9/h2-6H,7H2,1H3,(H,18,19,21). The molecular weight excluding hydrogens is 372 g/mol. The molecule has 0 aliphatic rings. The van der Waals surface area contributed by atoms with Gasteiger partial charge in [0.25, 0.3) is 5.91 Å². The lowest BCUT2D eigenvalue weighted by Gasteiger charge is -1.99. The summed E-state index contributed by atoms with van der Waals surface area (Å²) in [4.78, 5) is 12.6. The van der Waals surface area contributed by atoms with Crippen LogP contribution in [-0.2, 0) is 5.75 Å². The Morgan fingerprint density at radius 1 is 1.21 bits per heavy atom. The Bertz CT molecular complexity index is 858. The van der Waals surface area contributed by atoms with Crippen LogP contribution in [-0.4, -0.2) is 16.1 Å². The molecule has 1 aromatic carbocycles. The molecule has 124 valence electrons. The molecule has 1 amide bonds. The number of amides is 1. The second-order valence-corrected chi connectivity index (χ2v) is 7.99. The van der Waals surface area contributed by atoms with Gasteiger partial charge in [-0.15, -0.1) is 21.5 Å². The number of nitrogens with zero attached hydrogens (tertiary/aromatic N) is 2. The van der Waals surface area contributed by atoms with Gasteiger partial charge >= 0.3 is 0 Å². The Morgan fingerprint density at radius 2 is 1.96 bits per heavy atom. The highest BCUT2D eigenvalue weighted by molar-refractivity contribution is 8.00. The first-order chi connectivity index (χ1) is 11.5. The Kier molecular flexibility index (Phi) is 5.22. The van der Waals surface area contributed by atoms with Crippen LogP contribution in [0.25, 0.3) is 0 Å². The van der Waals surface area contributed by atoms with Crippen molar-refractivity contribution in [1.29, 1.82) is 0 Å². The minimum Gasteiger partial charge on any atom is -0.296 e. The fourth-order valence-corrected chi connectivity index (χ4v) is 4.34. The van der Waals surface area contributed by atoms with Crippen LogP contribution in [0.4, 0.5) is 13.9 Å². The first-order valence-corrected chi connectivity index (χ1v) is 9.45. The van der Waals surface area contributed by atoms with Gasteiger partial charge in [0.1, 0.15) is 11.6 Å². The number of hydrogen-bond donors (Lipinski definition) is 1. The molecule has 0 aliphatic heterocycles. The number of carbonyl (C=O) groups excluding carboxylic acids is 1. The van der Waals surface area contributed by atoms with Crippen LogP contribution in [0.15, 0.2) is 34.0 Å². The molecule has 24 heavy (non-hydrogen) atoms. The lowest BCUT2D eigenvalue weighted by molar-refractivity contribution is 0.103. The summed E-state index contributed by atoms with van der Waals surface area (Å²) in [5.41, 5.74) is 1.55. The molecule has 0 spiro atoms. The van der Waals surface area contributed by atoms with Crippen molar-refractivity contribution in [2.45, 2.75) is 17.0 Å². The fraction of sp³-hybridized carbons (Fsp3) is 0.133. The van der Waals surface area contributed by atoms with Crippen molar-refractivity contribution >= 4 is 45.5 Å². The molecule has 0 bridgehead atoms. The summed E-state index contributed by atoms with van der Waals surface area (Å²) in [6, 6.07) is 5.19. The summed E-state index contributed by atoms with van der Waals surface area (Å²) < 4.78 is 26.9. The van der Waals surface area contributed by atoms with Gasteiger partial charge in [-0.1, -0.05) is 23.1 Å². The van der Waals surface area contributed by atoms with E-state index in [0.717, 1.165) is 11.6 Å². The number of nitrogens with one attached hydrogen (secondary N) is 1. The van der Waals surface area contributed by atoms with Gasteiger partial charge in [-0.25, -0.2) is 8.78 Å². The summed E-state index contributed by atoms with van der Waals surface area (Å²) in [5.74, 6) is -1.08. The van der Waals surface area contributed by atoms with E-state index in [2.05, 4.69) is 15.5 Å². The predicted molar refractivity (Wildman–Crippen MR) is 92.8 cm³/mol. The third-order valence-electron chi connectivity index (χ3n) is 2.87. The summed E-state index contributed by atoms with van der Waals surface area (Å²) in [7, 11) is 0. The second kappa shape index (κ2) is 7.37. The third kappa shape index (κ3) is 4.37. The molecule has 0 atom stereocenters. The zero-order chi connectivity index (χ0) is 17.1. The van der Waals surface area contributed by atoms with Crippen LogP contribution in [0.1, 0.15) is 20.8 Å². The highest BCUT2D eigenvalue weighted by Crippen LogP contribution is 2.29. The molecule has 0 fully saturated rings. The average molecular weight is 383 g/mol. The number of carbonyl (C=O) groups is 1.